The van der Waals surface area contributed by atoms with Crippen LogP contribution in [0, 0.1) is 0 Å². The lowest BCUT2D eigenvalue weighted by atomic mass is 10.1. The maximum atomic E-state index is 9.13. The first kappa shape index (κ1) is 16.3. The minimum absolute atomic E-state index is 0.145. The van der Waals surface area contributed by atoms with Gasteiger partial charge < -0.3 is 15.3 Å². The summed E-state index contributed by atoms with van der Waals surface area (Å²) in [5, 5.41) is 13.3. The summed E-state index contributed by atoms with van der Waals surface area (Å²) in [4.78, 5) is 2.13. The zero-order chi connectivity index (χ0) is 14.3. The molecule has 0 spiro atoms. The Hall–Kier alpha value is -0.770. The average Bonchev–Trinajstić information content (AvgIpc) is 2.39. The van der Waals surface area contributed by atoms with E-state index in [9.17, 15) is 0 Å². The Bertz CT molecular complexity index is 378. The fourth-order valence-corrected chi connectivity index (χ4v) is 2.52. The summed E-state index contributed by atoms with van der Waals surface area (Å²) in [6, 6.07) is 6.48. The number of rotatable bonds is 8. The van der Waals surface area contributed by atoms with Crippen molar-refractivity contribution in [1.82, 2.24) is 5.32 Å². The molecule has 1 rings (SSSR count). The van der Waals surface area contributed by atoms with Crippen LogP contribution in [0.4, 0.5) is 5.69 Å². The van der Waals surface area contributed by atoms with Crippen molar-refractivity contribution >= 4 is 17.3 Å². The van der Waals surface area contributed by atoms with E-state index in [1.807, 2.05) is 6.07 Å². The Balaban J connectivity index is 2.91. The number of halogens is 1. The molecule has 1 aromatic carbocycles. The lowest BCUT2D eigenvalue weighted by Gasteiger charge is -2.25. The van der Waals surface area contributed by atoms with Gasteiger partial charge in [0, 0.05) is 19.1 Å². The van der Waals surface area contributed by atoms with Gasteiger partial charge in [0.25, 0.3) is 0 Å². The third-order valence-electron chi connectivity index (χ3n) is 3.19. The summed E-state index contributed by atoms with van der Waals surface area (Å²) in [6.45, 7) is 8.96. The topological polar surface area (TPSA) is 35.5 Å². The van der Waals surface area contributed by atoms with E-state index in [2.05, 4.69) is 43.1 Å². The highest BCUT2D eigenvalue weighted by molar-refractivity contribution is 6.33. The van der Waals surface area contributed by atoms with Crippen molar-refractivity contribution in [2.45, 2.75) is 33.2 Å². The third-order valence-corrected chi connectivity index (χ3v) is 3.49. The molecule has 4 heteroatoms. The number of hydrogen-bond acceptors (Lipinski definition) is 3. The molecule has 0 saturated heterocycles. The zero-order valence-electron chi connectivity index (χ0n) is 12.1. The fraction of sp³-hybridized carbons (Fsp3) is 0.600. The minimum Gasteiger partial charge on any atom is -0.395 e. The summed E-state index contributed by atoms with van der Waals surface area (Å²) in [6.07, 6.45) is 1.03. The first-order valence-electron chi connectivity index (χ1n) is 7.02. The van der Waals surface area contributed by atoms with E-state index in [-0.39, 0.29) is 6.61 Å². The highest BCUT2D eigenvalue weighted by Gasteiger charge is 2.12. The molecule has 0 bridgehead atoms. The van der Waals surface area contributed by atoms with E-state index >= 15 is 0 Å². The molecule has 1 aromatic rings. The molecule has 0 aliphatic heterocycles. The Kier molecular flexibility index (Phi) is 7.21. The molecule has 0 aliphatic carbocycles. The lowest BCUT2D eigenvalue weighted by Crippen LogP contribution is -2.27. The molecule has 0 aromatic heterocycles. The molecule has 0 amide bonds. The van der Waals surface area contributed by atoms with Gasteiger partial charge in [-0.05, 0) is 37.6 Å². The maximum absolute atomic E-state index is 9.13. The molecular weight excluding hydrogens is 260 g/mol. The maximum Gasteiger partial charge on any atom is 0.0642 e. The van der Waals surface area contributed by atoms with E-state index in [1.54, 1.807) is 0 Å². The van der Waals surface area contributed by atoms with Gasteiger partial charge in [0.05, 0.1) is 17.3 Å². The standard InChI is InChI=1S/C15H25ClN2O/c1-4-8-18(9-10-19)15-7-6-13(11-14(15)16)12(3)17-5-2/h6-7,11-12,17,19H,4-5,8-10H2,1-3H3. The second kappa shape index (κ2) is 8.41. The molecule has 0 saturated carbocycles. The predicted octanol–water partition coefficient (Wildman–Crippen LogP) is 3.22. The first-order chi connectivity index (χ1) is 9.13. The summed E-state index contributed by atoms with van der Waals surface area (Å²) >= 11 is 6.39. The highest BCUT2D eigenvalue weighted by Crippen LogP contribution is 2.29. The minimum atomic E-state index is 0.145. The van der Waals surface area contributed by atoms with Crippen LogP contribution in [0.25, 0.3) is 0 Å². The largest absolute Gasteiger partial charge is 0.395 e. The Morgan fingerprint density at radius 3 is 2.58 bits per heavy atom. The molecule has 2 N–H and O–H groups in total. The first-order valence-corrected chi connectivity index (χ1v) is 7.40. The summed E-state index contributed by atoms with van der Waals surface area (Å²) < 4.78 is 0. The normalized spacial score (nSPS) is 12.5. The Morgan fingerprint density at radius 1 is 1.32 bits per heavy atom. The van der Waals surface area contributed by atoms with Crippen LogP contribution in [-0.2, 0) is 0 Å². The van der Waals surface area contributed by atoms with Crippen LogP contribution in [-0.4, -0.2) is 31.3 Å². The monoisotopic (exact) mass is 284 g/mol. The van der Waals surface area contributed by atoms with Crippen LogP contribution in [0.3, 0.4) is 0 Å². The number of anilines is 1. The molecule has 1 atom stereocenters. The van der Waals surface area contributed by atoms with Crippen molar-refractivity contribution in [3.8, 4) is 0 Å². The quantitative estimate of drug-likeness (QED) is 0.769. The smallest absolute Gasteiger partial charge is 0.0642 e. The van der Waals surface area contributed by atoms with E-state index in [0.717, 1.165) is 30.2 Å². The third kappa shape index (κ3) is 4.68. The summed E-state index contributed by atoms with van der Waals surface area (Å²) in [5.41, 5.74) is 2.20. The molecule has 19 heavy (non-hydrogen) atoms. The van der Waals surface area contributed by atoms with Crippen LogP contribution in [0.15, 0.2) is 18.2 Å². The van der Waals surface area contributed by atoms with Gasteiger partial charge in [0.1, 0.15) is 0 Å². The number of nitrogens with one attached hydrogen (secondary N) is 1. The van der Waals surface area contributed by atoms with E-state index in [1.165, 1.54) is 5.56 Å². The lowest BCUT2D eigenvalue weighted by molar-refractivity contribution is 0.302. The van der Waals surface area contributed by atoms with Crippen LogP contribution in [0.5, 0.6) is 0 Å². The fourth-order valence-electron chi connectivity index (χ4n) is 2.22. The molecule has 0 radical (unpaired) electrons. The summed E-state index contributed by atoms with van der Waals surface area (Å²) in [5.74, 6) is 0. The van der Waals surface area contributed by atoms with Crippen LogP contribution < -0.4 is 10.2 Å². The van der Waals surface area contributed by atoms with Crippen molar-refractivity contribution in [1.29, 1.82) is 0 Å². The highest BCUT2D eigenvalue weighted by atomic mass is 35.5. The number of aliphatic hydroxyl groups excluding tert-OH is 1. The molecule has 0 heterocycles. The second-order valence-corrected chi connectivity index (χ2v) is 5.11. The Morgan fingerprint density at radius 2 is 2.05 bits per heavy atom. The van der Waals surface area contributed by atoms with Gasteiger partial charge >= 0.3 is 0 Å². The van der Waals surface area contributed by atoms with E-state index in [0.29, 0.717) is 12.6 Å². The molecule has 0 aliphatic rings. The number of nitrogens with zero attached hydrogens (tertiary/aromatic N) is 1. The van der Waals surface area contributed by atoms with Crippen molar-refractivity contribution in [3.05, 3.63) is 28.8 Å². The number of hydrogen-bond donors (Lipinski definition) is 2. The van der Waals surface area contributed by atoms with E-state index in [4.69, 9.17) is 16.7 Å². The van der Waals surface area contributed by atoms with Gasteiger partial charge in [0.15, 0.2) is 0 Å². The molecular formula is C15H25ClN2O. The second-order valence-electron chi connectivity index (χ2n) is 4.70. The number of benzene rings is 1. The predicted molar refractivity (Wildman–Crippen MR) is 83.1 cm³/mol. The van der Waals surface area contributed by atoms with Gasteiger partial charge in [-0.2, -0.15) is 0 Å². The van der Waals surface area contributed by atoms with Gasteiger partial charge in [-0.25, -0.2) is 0 Å². The van der Waals surface area contributed by atoms with Crippen molar-refractivity contribution in [3.63, 3.8) is 0 Å². The van der Waals surface area contributed by atoms with Crippen LogP contribution >= 0.6 is 11.6 Å². The van der Waals surface area contributed by atoms with Crippen LogP contribution in [0.2, 0.25) is 5.02 Å². The van der Waals surface area contributed by atoms with Gasteiger partial charge in [-0.3, -0.25) is 0 Å². The Labute approximate surface area is 121 Å². The SMILES string of the molecule is CCCN(CCO)c1ccc(C(C)NCC)cc1Cl. The molecule has 1 unspecified atom stereocenters. The van der Waals surface area contributed by atoms with Crippen molar-refractivity contribution in [2.24, 2.45) is 0 Å². The van der Waals surface area contributed by atoms with Gasteiger partial charge in [0.2, 0.25) is 0 Å². The van der Waals surface area contributed by atoms with Crippen molar-refractivity contribution < 1.29 is 5.11 Å². The van der Waals surface area contributed by atoms with E-state index < -0.39 is 0 Å². The zero-order valence-corrected chi connectivity index (χ0v) is 12.9. The summed E-state index contributed by atoms with van der Waals surface area (Å²) in [7, 11) is 0. The molecule has 0 fully saturated rings. The molecule has 108 valence electrons. The number of aliphatic hydroxyl groups is 1. The van der Waals surface area contributed by atoms with Gasteiger partial charge in [-0.1, -0.05) is 31.5 Å². The molecule has 3 nitrogen and oxygen atoms in total. The average molecular weight is 285 g/mol. The van der Waals surface area contributed by atoms with Crippen molar-refractivity contribution in [2.75, 3.05) is 31.1 Å². The van der Waals surface area contributed by atoms with Crippen LogP contribution in [0.1, 0.15) is 38.8 Å². The van der Waals surface area contributed by atoms with Gasteiger partial charge in [-0.15, -0.1) is 0 Å².